The van der Waals surface area contributed by atoms with E-state index in [1.165, 1.54) is 42.3 Å². The van der Waals surface area contributed by atoms with Gasteiger partial charge in [0.15, 0.2) is 11.2 Å². The Morgan fingerprint density at radius 1 is 1.31 bits per heavy atom. The van der Waals surface area contributed by atoms with Crippen molar-refractivity contribution in [2.24, 2.45) is 0 Å². The van der Waals surface area contributed by atoms with Gasteiger partial charge in [-0.15, -0.1) is 0 Å². The minimum Gasteiger partial charge on any atom is -0.464 e. The molecular formula is C19H21FN4O5. The van der Waals surface area contributed by atoms with E-state index < -0.39 is 29.1 Å². The molecule has 0 aliphatic carbocycles. The molecule has 0 saturated carbocycles. The molecule has 2 aromatic heterocycles. The molecule has 0 amide bonds. The molecule has 0 N–H and O–H groups in total. The second-order valence-electron chi connectivity index (χ2n) is 6.30. The molecule has 154 valence electrons. The van der Waals surface area contributed by atoms with E-state index in [1.54, 1.807) is 13.8 Å². The number of hydrogen-bond acceptors (Lipinski definition) is 6. The van der Waals surface area contributed by atoms with E-state index >= 15 is 0 Å². The number of fused-ring (bicyclic) bond motifs is 1. The highest BCUT2D eigenvalue weighted by atomic mass is 19.1. The topological polar surface area (TPSA) is 97.4 Å². The molecule has 0 spiro atoms. The first-order valence-electron chi connectivity index (χ1n) is 9.04. The molecule has 9 nitrogen and oxygen atoms in total. The third-order valence-corrected chi connectivity index (χ3v) is 4.49. The average molecular weight is 404 g/mol. The maximum Gasteiger partial charge on any atom is 0.337 e. The Morgan fingerprint density at radius 2 is 2.07 bits per heavy atom. The number of methoxy groups -OCH3 is 1. The summed E-state index contributed by atoms with van der Waals surface area (Å²) in [4.78, 5) is 42.5. The number of hydrogen-bond donors (Lipinski definition) is 0. The van der Waals surface area contributed by atoms with Crippen LogP contribution in [-0.4, -0.2) is 45.0 Å². The summed E-state index contributed by atoms with van der Waals surface area (Å²) in [7, 11) is 1.45. The van der Waals surface area contributed by atoms with Crippen molar-refractivity contribution in [3.8, 4) is 5.69 Å². The highest BCUT2D eigenvalue weighted by Gasteiger charge is 2.24. The van der Waals surface area contributed by atoms with E-state index in [1.807, 2.05) is 0 Å². The Balaban J connectivity index is 2.34. The van der Waals surface area contributed by atoms with Gasteiger partial charge in [-0.1, -0.05) is 6.07 Å². The number of benzene rings is 1. The predicted octanol–water partition coefficient (Wildman–Crippen LogP) is 1.26. The van der Waals surface area contributed by atoms with E-state index in [9.17, 15) is 18.8 Å². The number of rotatable bonds is 7. The summed E-state index contributed by atoms with van der Waals surface area (Å²) in [6, 6.07) is 4.55. The SMILES string of the molecule is CCOC(=O)[C@@H](C)n1cnc2c1c(=O)n(CCOC)c(=O)n2-c1cccc(F)c1. The van der Waals surface area contributed by atoms with Gasteiger partial charge in [-0.25, -0.2) is 23.5 Å². The molecule has 0 aliphatic rings. The van der Waals surface area contributed by atoms with Crippen molar-refractivity contribution in [1.82, 2.24) is 18.7 Å². The zero-order chi connectivity index (χ0) is 21.1. The maximum absolute atomic E-state index is 13.8. The predicted molar refractivity (Wildman–Crippen MR) is 103 cm³/mol. The molecule has 0 radical (unpaired) electrons. The molecular weight excluding hydrogens is 383 g/mol. The van der Waals surface area contributed by atoms with Crippen LogP contribution in [0.25, 0.3) is 16.9 Å². The fraction of sp³-hybridized carbons (Fsp3) is 0.368. The second kappa shape index (κ2) is 8.39. The first kappa shape index (κ1) is 20.5. The van der Waals surface area contributed by atoms with Gasteiger partial charge in [0.1, 0.15) is 11.9 Å². The lowest BCUT2D eigenvalue weighted by molar-refractivity contribution is -0.146. The highest BCUT2D eigenvalue weighted by Crippen LogP contribution is 2.18. The van der Waals surface area contributed by atoms with Crippen LogP contribution in [0, 0.1) is 5.82 Å². The van der Waals surface area contributed by atoms with Crippen LogP contribution < -0.4 is 11.2 Å². The number of halogens is 1. The van der Waals surface area contributed by atoms with Gasteiger partial charge >= 0.3 is 11.7 Å². The van der Waals surface area contributed by atoms with Crippen LogP contribution in [0.1, 0.15) is 19.9 Å². The molecule has 0 saturated heterocycles. The maximum atomic E-state index is 13.8. The first-order valence-corrected chi connectivity index (χ1v) is 9.04. The number of imidazole rings is 1. The first-order chi connectivity index (χ1) is 13.9. The van der Waals surface area contributed by atoms with Gasteiger partial charge in [-0.3, -0.25) is 9.36 Å². The number of nitrogens with zero attached hydrogens (tertiary/aromatic N) is 4. The van der Waals surface area contributed by atoms with E-state index in [0.29, 0.717) is 0 Å². The Morgan fingerprint density at radius 3 is 2.72 bits per heavy atom. The largest absolute Gasteiger partial charge is 0.464 e. The van der Waals surface area contributed by atoms with Crippen LogP contribution in [-0.2, 0) is 20.8 Å². The Bertz CT molecular complexity index is 1160. The fourth-order valence-corrected chi connectivity index (χ4v) is 3.04. The third kappa shape index (κ3) is 3.70. The normalized spacial score (nSPS) is 12.3. The monoisotopic (exact) mass is 404 g/mol. The van der Waals surface area contributed by atoms with E-state index in [2.05, 4.69) is 4.98 Å². The smallest absolute Gasteiger partial charge is 0.337 e. The summed E-state index contributed by atoms with van der Waals surface area (Å²) in [6.45, 7) is 3.53. The van der Waals surface area contributed by atoms with Gasteiger partial charge in [0.05, 0.1) is 31.8 Å². The zero-order valence-electron chi connectivity index (χ0n) is 16.3. The molecule has 0 bridgehead atoms. The van der Waals surface area contributed by atoms with Gasteiger partial charge in [0.25, 0.3) is 5.56 Å². The lowest BCUT2D eigenvalue weighted by Gasteiger charge is -2.15. The van der Waals surface area contributed by atoms with Crippen molar-refractivity contribution in [3.63, 3.8) is 0 Å². The van der Waals surface area contributed by atoms with Crippen molar-refractivity contribution in [2.45, 2.75) is 26.4 Å². The van der Waals surface area contributed by atoms with Crippen molar-refractivity contribution in [3.05, 3.63) is 57.2 Å². The van der Waals surface area contributed by atoms with E-state index in [-0.39, 0.29) is 36.6 Å². The van der Waals surface area contributed by atoms with E-state index in [0.717, 1.165) is 9.13 Å². The van der Waals surface area contributed by atoms with Crippen molar-refractivity contribution < 1.29 is 18.7 Å². The molecule has 1 aromatic carbocycles. The van der Waals surface area contributed by atoms with Crippen LogP contribution >= 0.6 is 0 Å². The van der Waals surface area contributed by atoms with E-state index in [4.69, 9.17) is 9.47 Å². The molecule has 3 rings (SSSR count). The van der Waals surface area contributed by atoms with Gasteiger partial charge in [-0.05, 0) is 32.0 Å². The lowest BCUT2D eigenvalue weighted by atomic mass is 10.3. The van der Waals surface area contributed by atoms with Crippen LogP contribution in [0.3, 0.4) is 0 Å². The minimum absolute atomic E-state index is 0.0155. The Labute approximate surface area is 164 Å². The number of carbonyl (C=O) groups is 1. The molecule has 2 heterocycles. The summed E-state index contributed by atoms with van der Waals surface area (Å²) < 4.78 is 27.3. The van der Waals surface area contributed by atoms with Crippen molar-refractivity contribution >= 4 is 17.1 Å². The van der Waals surface area contributed by atoms with Gasteiger partial charge in [-0.2, -0.15) is 0 Å². The summed E-state index contributed by atoms with van der Waals surface area (Å²) in [5, 5.41) is 0. The summed E-state index contributed by atoms with van der Waals surface area (Å²) in [5.41, 5.74) is -1.04. The average Bonchev–Trinajstić information content (AvgIpc) is 3.12. The quantitative estimate of drug-likeness (QED) is 0.550. The van der Waals surface area contributed by atoms with Crippen LogP contribution in [0.2, 0.25) is 0 Å². The zero-order valence-corrected chi connectivity index (χ0v) is 16.3. The molecule has 10 heteroatoms. The fourth-order valence-electron chi connectivity index (χ4n) is 3.04. The summed E-state index contributed by atoms with van der Waals surface area (Å²) in [5.74, 6) is -1.09. The van der Waals surface area contributed by atoms with Gasteiger partial charge in [0, 0.05) is 7.11 Å². The van der Waals surface area contributed by atoms with Crippen LogP contribution in [0.4, 0.5) is 4.39 Å². The highest BCUT2D eigenvalue weighted by molar-refractivity contribution is 5.79. The minimum atomic E-state index is -0.845. The van der Waals surface area contributed by atoms with Gasteiger partial charge in [0.2, 0.25) is 0 Å². The number of esters is 1. The summed E-state index contributed by atoms with van der Waals surface area (Å²) in [6.07, 6.45) is 1.30. The van der Waals surface area contributed by atoms with Gasteiger partial charge < -0.3 is 14.0 Å². The van der Waals surface area contributed by atoms with Crippen LogP contribution in [0.5, 0.6) is 0 Å². The van der Waals surface area contributed by atoms with Crippen LogP contribution in [0.15, 0.2) is 40.2 Å². The second-order valence-corrected chi connectivity index (χ2v) is 6.30. The Kier molecular flexibility index (Phi) is 5.92. The number of carbonyl (C=O) groups excluding carboxylic acids is 1. The molecule has 29 heavy (non-hydrogen) atoms. The third-order valence-electron chi connectivity index (χ3n) is 4.49. The molecule has 0 aliphatic heterocycles. The molecule has 1 atom stereocenters. The summed E-state index contributed by atoms with van der Waals surface area (Å²) >= 11 is 0. The Hall–Kier alpha value is -3.27. The molecule has 0 fully saturated rings. The van der Waals surface area contributed by atoms with Crippen molar-refractivity contribution in [2.75, 3.05) is 20.3 Å². The molecule has 3 aromatic rings. The lowest BCUT2D eigenvalue weighted by Crippen LogP contribution is -2.41. The molecule has 0 unspecified atom stereocenters. The number of aromatic nitrogens is 4. The van der Waals surface area contributed by atoms with Crippen molar-refractivity contribution in [1.29, 1.82) is 0 Å². The standard InChI is InChI=1S/C19H21FN4O5/c1-4-29-18(26)12(2)23-11-21-16-15(23)17(25)22(8-9-28-3)19(27)24(16)14-7-5-6-13(20)10-14/h5-7,10-12H,4,8-9H2,1-3H3/t12-/m1/s1. The number of ether oxygens (including phenoxy) is 2.